The molecule has 2 aliphatic carbocycles. The Balaban J connectivity index is 1.68. The average molecular weight is 312 g/mol. The van der Waals surface area contributed by atoms with Crippen LogP contribution in [0.2, 0.25) is 0 Å². The predicted molar refractivity (Wildman–Crippen MR) is 86.7 cm³/mol. The summed E-state index contributed by atoms with van der Waals surface area (Å²) in [7, 11) is 0. The zero-order valence-corrected chi connectivity index (χ0v) is 14.2. The molecule has 0 aliphatic heterocycles. The van der Waals surface area contributed by atoms with Crippen LogP contribution in [-0.4, -0.2) is 42.0 Å². The number of hydrogen-bond acceptors (Lipinski definition) is 4. The molecule has 2 rings (SSSR count). The quantitative estimate of drug-likeness (QED) is 0.729. The SMILES string of the molecule is CC(C)(C)OC(=O)NCC1CCCC1NCC1CCC(O)C1. The molecule has 4 unspecified atom stereocenters. The fraction of sp³-hybridized carbons (Fsp3) is 0.941. The van der Waals surface area contributed by atoms with Crippen LogP contribution in [0.5, 0.6) is 0 Å². The highest BCUT2D eigenvalue weighted by atomic mass is 16.6. The van der Waals surface area contributed by atoms with Crippen LogP contribution >= 0.6 is 0 Å². The molecule has 3 N–H and O–H groups in total. The molecular weight excluding hydrogens is 280 g/mol. The molecular formula is C17H32N2O3. The fourth-order valence-corrected chi connectivity index (χ4v) is 3.63. The van der Waals surface area contributed by atoms with E-state index in [1.54, 1.807) is 0 Å². The summed E-state index contributed by atoms with van der Waals surface area (Å²) in [5.74, 6) is 1.09. The first-order valence-electron chi connectivity index (χ1n) is 8.72. The van der Waals surface area contributed by atoms with E-state index < -0.39 is 5.60 Å². The molecule has 2 aliphatic rings. The van der Waals surface area contributed by atoms with E-state index in [0.29, 0.717) is 24.4 Å². The minimum atomic E-state index is -0.444. The van der Waals surface area contributed by atoms with Crippen LogP contribution in [0.1, 0.15) is 59.3 Å². The van der Waals surface area contributed by atoms with E-state index in [9.17, 15) is 9.90 Å². The van der Waals surface area contributed by atoms with Gasteiger partial charge in [0.05, 0.1) is 6.10 Å². The van der Waals surface area contributed by atoms with E-state index in [1.807, 2.05) is 20.8 Å². The van der Waals surface area contributed by atoms with Gasteiger partial charge in [0.15, 0.2) is 0 Å². The Morgan fingerprint density at radius 1 is 1.18 bits per heavy atom. The number of alkyl carbamates (subject to hydrolysis) is 1. The van der Waals surface area contributed by atoms with Gasteiger partial charge in [0.1, 0.15) is 5.60 Å². The van der Waals surface area contributed by atoms with Gasteiger partial charge in [0, 0.05) is 12.6 Å². The summed E-state index contributed by atoms with van der Waals surface area (Å²) < 4.78 is 5.29. The van der Waals surface area contributed by atoms with Gasteiger partial charge in [-0.2, -0.15) is 0 Å². The summed E-state index contributed by atoms with van der Waals surface area (Å²) in [4.78, 5) is 11.7. The maximum atomic E-state index is 11.7. The van der Waals surface area contributed by atoms with Crippen LogP contribution in [-0.2, 0) is 4.74 Å². The molecule has 0 bridgehead atoms. The van der Waals surface area contributed by atoms with E-state index in [-0.39, 0.29) is 12.2 Å². The van der Waals surface area contributed by atoms with Crippen LogP contribution in [0.15, 0.2) is 0 Å². The summed E-state index contributed by atoms with van der Waals surface area (Å²) in [5, 5.41) is 16.2. The maximum Gasteiger partial charge on any atom is 0.407 e. The van der Waals surface area contributed by atoms with Crippen molar-refractivity contribution >= 4 is 6.09 Å². The van der Waals surface area contributed by atoms with E-state index in [2.05, 4.69) is 10.6 Å². The molecule has 5 nitrogen and oxygen atoms in total. The van der Waals surface area contributed by atoms with Crippen LogP contribution in [0, 0.1) is 11.8 Å². The highest BCUT2D eigenvalue weighted by molar-refractivity contribution is 5.67. The third kappa shape index (κ3) is 5.76. The van der Waals surface area contributed by atoms with Crippen molar-refractivity contribution in [3.8, 4) is 0 Å². The van der Waals surface area contributed by atoms with Crippen LogP contribution in [0.4, 0.5) is 4.79 Å². The zero-order chi connectivity index (χ0) is 16.2. The summed E-state index contributed by atoms with van der Waals surface area (Å²) in [6.07, 6.45) is 6.13. The lowest BCUT2D eigenvalue weighted by Gasteiger charge is -2.24. The van der Waals surface area contributed by atoms with Gasteiger partial charge in [-0.15, -0.1) is 0 Å². The molecule has 0 aromatic carbocycles. The normalized spacial score (nSPS) is 32.2. The molecule has 128 valence electrons. The van der Waals surface area contributed by atoms with Crippen molar-refractivity contribution in [3.63, 3.8) is 0 Å². The minimum Gasteiger partial charge on any atom is -0.444 e. The second-order valence-electron chi connectivity index (χ2n) is 7.92. The minimum absolute atomic E-state index is 0.0972. The highest BCUT2D eigenvalue weighted by Crippen LogP contribution is 2.28. The fourth-order valence-electron chi connectivity index (χ4n) is 3.63. The number of hydrogen-bond donors (Lipinski definition) is 3. The smallest absolute Gasteiger partial charge is 0.407 e. The van der Waals surface area contributed by atoms with Gasteiger partial charge in [-0.3, -0.25) is 0 Å². The molecule has 0 saturated heterocycles. The largest absolute Gasteiger partial charge is 0.444 e. The molecule has 2 saturated carbocycles. The summed E-state index contributed by atoms with van der Waals surface area (Å²) in [6, 6.07) is 0.479. The Morgan fingerprint density at radius 3 is 2.59 bits per heavy atom. The van der Waals surface area contributed by atoms with Gasteiger partial charge in [-0.1, -0.05) is 6.42 Å². The third-order valence-electron chi connectivity index (χ3n) is 4.75. The number of rotatable bonds is 5. The maximum absolute atomic E-state index is 11.7. The van der Waals surface area contributed by atoms with Gasteiger partial charge in [-0.25, -0.2) is 4.79 Å². The second-order valence-corrected chi connectivity index (χ2v) is 7.92. The van der Waals surface area contributed by atoms with Gasteiger partial charge in [0.25, 0.3) is 0 Å². The Kier molecular flexibility index (Phi) is 6.09. The number of ether oxygens (including phenoxy) is 1. The molecule has 0 heterocycles. The molecule has 5 heteroatoms. The van der Waals surface area contributed by atoms with Gasteiger partial charge in [-0.05, 0) is 71.3 Å². The van der Waals surface area contributed by atoms with Crippen molar-refractivity contribution in [1.29, 1.82) is 0 Å². The van der Waals surface area contributed by atoms with Crippen molar-refractivity contribution in [2.75, 3.05) is 13.1 Å². The standard InChI is InChI=1S/C17H32N2O3/c1-17(2,3)22-16(21)19-11-13-5-4-6-15(13)18-10-12-7-8-14(20)9-12/h12-15,18,20H,4-11H2,1-3H3,(H,19,21). The lowest BCUT2D eigenvalue weighted by Crippen LogP contribution is -2.42. The Bertz CT molecular complexity index is 367. The number of nitrogens with one attached hydrogen (secondary N) is 2. The molecule has 22 heavy (non-hydrogen) atoms. The summed E-state index contributed by atoms with van der Waals surface area (Å²) in [5.41, 5.74) is -0.444. The lowest BCUT2D eigenvalue weighted by atomic mass is 10.0. The lowest BCUT2D eigenvalue weighted by molar-refractivity contribution is 0.0517. The number of amides is 1. The molecule has 0 spiro atoms. The first kappa shape index (κ1) is 17.5. The first-order valence-corrected chi connectivity index (χ1v) is 8.72. The number of aliphatic hydroxyl groups is 1. The van der Waals surface area contributed by atoms with Gasteiger partial charge >= 0.3 is 6.09 Å². The molecule has 0 radical (unpaired) electrons. The van der Waals surface area contributed by atoms with E-state index in [4.69, 9.17) is 4.74 Å². The first-order chi connectivity index (χ1) is 10.3. The van der Waals surface area contributed by atoms with Gasteiger partial charge < -0.3 is 20.5 Å². The predicted octanol–water partition coefficient (Wildman–Crippen LogP) is 2.43. The number of aliphatic hydroxyl groups excluding tert-OH is 1. The van der Waals surface area contributed by atoms with E-state index >= 15 is 0 Å². The van der Waals surface area contributed by atoms with Crippen molar-refractivity contribution in [2.45, 2.75) is 77.0 Å². The summed E-state index contributed by atoms with van der Waals surface area (Å²) in [6.45, 7) is 7.30. The van der Waals surface area contributed by atoms with Crippen molar-refractivity contribution < 1.29 is 14.6 Å². The van der Waals surface area contributed by atoms with E-state index in [1.165, 1.54) is 12.8 Å². The van der Waals surface area contributed by atoms with Crippen molar-refractivity contribution in [1.82, 2.24) is 10.6 Å². The monoisotopic (exact) mass is 312 g/mol. The average Bonchev–Trinajstić information content (AvgIpc) is 3.00. The third-order valence-corrected chi connectivity index (χ3v) is 4.75. The Morgan fingerprint density at radius 2 is 1.95 bits per heavy atom. The van der Waals surface area contributed by atoms with Crippen LogP contribution in [0.25, 0.3) is 0 Å². The highest BCUT2D eigenvalue weighted by Gasteiger charge is 2.30. The van der Waals surface area contributed by atoms with Gasteiger partial charge in [0.2, 0.25) is 0 Å². The molecule has 0 aromatic rings. The summed E-state index contributed by atoms with van der Waals surface area (Å²) >= 11 is 0. The second kappa shape index (κ2) is 7.64. The van der Waals surface area contributed by atoms with Crippen molar-refractivity contribution in [3.05, 3.63) is 0 Å². The Labute approximate surface area is 134 Å². The number of carbonyl (C=O) groups is 1. The molecule has 0 aromatic heterocycles. The topological polar surface area (TPSA) is 70.6 Å². The molecule has 4 atom stereocenters. The molecule has 1 amide bonds. The zero-order valence-electron chi connectivity index (χ0n) is 14.2. The van der Waals surface area contributed by atoms with E-state index in [0.717, 1.165) is 32.2 Å². The molecule has 2 fully saturated rings. The number of carbonyl (C=O) groups excluding carboxylic acids is 1. The van der Waals surface area contributed by atoms with Crippen molar-refractivity contribution in [2.24, 2.45) is 11.8 Å². The van der Waals surface area contributed by atoms with Crippen LogP contribution < -0.4 is 10.6 Å². The van der Waals surface area contributed by atoms with Crippen LogP contribution in [0.3, 0.4) is 0 Å². The Hall–Kier alpha value is -0.810.